The summed E-state index contributed by atoms with van der Waals surface area (Å²) in [6.07, 6.45) is 3.66. The molecule has 0 amide bonds. The lowest BCUT2D eigenvalue weighted by Crippen LogP contribution is -2.56. The predicted molar refractivity (Wildman–Crippen MR) is 77.4 cm³/mol. The van der Waals surface area contributed by atoms with E-state index in [1.165, 1.54) is 31.5 Å². The van der Waals surface area contributed by atoms with Crippen molar-refractivity contribution in [2.24, 2.45) is 0 Å². The standard InChI is InChI=1S/C15H20ClFN2/c1-2-12-9-18-7-3-4-13(18)10-19(12)15-6-5-11(17)8-14(15)16/h5-6,8,12-13H,2-4,7,9-10H2,1H3. The largest absolute Gasteiger partial charge is 0.364 e. The number of anilines is 1. The van der Waals surface area contributed by atoms with Crippen molar-refractivity contribution in [3.05, 3.63) is 29.0 Å². The molecule has 2 unspecified atom stereocenters. The van der Waals surface area contributed by atoms with Crippen LogP contribution in [-0.4, -0.2) is 36.6 Å². The molecule has 1 aromatic carbocycles. The summed E-state index contributed by atoms with van der Waals surface area (Å²) in [6, 6.07) is 5.88. The van der Waals surface area contributed by atoms with Crippen LogP contribution >= 0.6 is 11.6 Å². The fourth-order valence-electron chi connectivity index (χ4n) is 3.45. The van der Waals surface area contributed by atoms with Crippen LogP contribution in [-0.2, 0) is 0 Å². The number of hydrogen-bond acceptors (Lipinski definition) is 2. The van der Waals surface area contributed by atoms with E-state index in [2.05, 4.69) is 16.7 Å². The first-order valence-electron chi connectivity index (χ1n) is 7.14. The van der Waals surface area contributed by atoms with Crippen LogP contribution < -0.4 is 4.90 Å². The first-order valence-corrected chi connectivity index (χ1v) is 7.52. The molecule has 2 aliphatic heterocycles. The molecule has 0 aromatic heterocycles. The zero-order valence-electron chi connectivity index (χ0n) is 11.3. The quantitative estimate of drug-likeness (QED) is 0.819. The fraction of sp³-hybridized carbons (Fsp3) is 0.600. The Kier molecular flexibility index (Phi) is 3.68. The van der Waals surface area contributed by atoms with Crippen LogP contribution in [0, 0.1) is 5.82 Å². The average molecular weight is 283 g/mol. The van der Waals surface area contributed by atoms with E-state index in [1.807, 2.05) is 6.07 Å². The van der Waals surface area contributed by atoms with Gasteiger partial charge in [-0.2, -0.15) is 0 Å². The number of rotatable bonds is 2. The second kappa shape index (κ2) is 5.29. The molecule has 4 heteroatoms. The average Bonchev–Trinajstić information content (AvgIpc) is 2.84. The highest BCUT2D eigenvalue weighted by molar-refractivity contribution is 6.33. The normalized spacial score (nSPS) is 27.6. The molecule has 0 N–H and O–H groups in total. The maximum Gasteiger partial charge on any atom is 0.124 e. The number of benzene rings is 1. The van der Waals surface area contributed by atoms with Gasteiger partial charge in [-0.15, -0.1) is 0 Å². The van der Waals surface area contributed by atoms with Crippen LogP contribution in [0.2, 0.25) is 5.02 Å². The van der Waals surface area contributed by atoms with Gasteiger partial charge in [-0.3, -0.25) is 4.90 Å². The molecule has 2 fully saturated rings. The highest BCUT2D eigenvalue weighted by atomic mass is 35.5. The maximum atomic E-state index is 13.2. The number of hydrogen-bond donors (Lipinski definition) is 0. The summed E-state index contributed by atoms with van der Waals surface area (Å²) < 4.78 is 13.2. The smallest absolute Gasteiger partial charge is 0.124 e. The summed E-state index contributed by atoms with van der Waals surface area (Å²) in [5.74, 6) is -0.263. The molecule has 0 radical (unpaired) electrons. The lowest BCUT2D eigenvalue weighted by atomic mass is 10.0. The third kappa shape index (κ3) is 2.46. The number of piperazine rings is 1. The minimum atomic E-state index is -0.263. The maximum absolute atomic E-state index is 13.2. The fourth-order valence-corrected chi connectivity index (χ4v) is 3.72. The van der Waals surface area contributed by atoms with E-state index in [9.17, 15) is 4.39 Å². The molecular formula is C15H20ClFN2. The Morgan fingerprint density at radius 1 is 1.37 bits per heavy atom. The predicted octanol–water partition coefficient (Wildman–Crippen LogP) is 3.54. The minimum Gasteiger partial charge on any atom is -0.364 e. The zero-order chi connectivity index (χ0) is 13.4. The van der Waals surface area contributed by atoms with Gasteiger partial charge in [-0.05, 0) is 44.0 Å². The summed E-state index contributed by atoms with van der Waals surface area (Å²) >= 11 is 6.23. The van der Waals surface area contributed by atoms with Crippen molar-refractivity contribution in [1.82, 2.24) is 4.90 Å². The lowest BCUT2D eigenvalue weighted by Gasteiger charge is -2.45. The molecular weight excluding hydrogens is 263 g/mol. The lowest BCUT2D eigenvalue weighted by molar-refractivity contribution is 0.195. The van der Waals surface area contributed by atoms with Gasteiger partial charge in [0.25, 0.3) is 0 Å². The van der Waals surface area contributed by atoms with Crippen LogP contribution in [0.15, 0.2) is 18.2 Å². The number of nitrogens with zero attached hydrogens (tertiary/aromatic N) is 2. The van der Waals surface area contributed by atoms with Gasteiger partial charge in [0, 0.05) is 25.2 Å². The molecule has 2 nitrogen and oxygen atoms in total. The van der Waals surface area contributed by atoms with E-state index in [0.29, 0.717) is 17.1 Å². The number of fused-ring (bicyclic) bond motifs is 1. The van der Waals surface area contributed by atoms with E-state index >= 15 is 0 Å². The van der Waals surface area contributed by atoms with Crippen LogP contribution in [0.5, 0.6) is 0 Å². The Bertz CT molecular complexity index is 465. The topological polar surface area (TPSA) is 6.48 Å². The molecule has 0 saturated carbocycles. The Labute approximate surface area is 119 Å². The summed E-state index contributed by atoms with van der Waals surface area (Å²) in [7, 11) is 0. The second-order valence-corrected chi connectivity index (χ2v) is 6.01. The Morgan fingerprint density at radius 3 is 2.95 bits per heavy atom. The first-order chi connectivity index (χ1) is 9.19. The molecule has 2 atom stereocenters. The van der Waals surface area contributed by atoms with Gasteiger partial charge in [0.1, 0.15) is 5.82 Å². The van der Waals surface area contributed by atoms with Crippen LogP contribution in [0.25, 0.3) is 0 Å². The second-order valence-electron chi connectivity index (χ2n) is 5.60. The van der Waals surface area contributed by atoms with E-state index in [0.717, 1.165) is 25.2 Å². The van der Waals surface area contributed by atoms with E-state index < -0.39 is 0 Å². The van der Waals surface area contributed by atoms with Crippen LogP contribution in [0.3, 0.4) is 0 Å². The Hall–Kier alpha value is -0.800. The Morgan fingerprint density at radius 2 is 2.21 bits per heavy atom. The van der Waals surface area contributed by atoms with E-state index in [4.69, 9.17) is 11.6 Å². The molecule has 0 spiro atoms. The third-order valence-corrected chi connectivity index (χ3v) is 4.79. The highest BCUT2D eigenvalue weighted by Crippen LogP contribution is 2.34. The Balaban J connectivity index is 1.88. The SMILES string of the molecule is CCC1CN2CCCC2CN1c1ccc(F)cc1Cl. The first kappa shape index (κ1) is 13.2. The van der Waals surface area contributed by atoms with Crippen molar-refractivity contribution < 1.29 is 4.39 Å². The molecule has 19 heavy (non-hydrogen) atoms. The molecule has 0 bridgehead atoms. The van der Waals surface area contributed by atoms with Gasteiger partial charge < -0.3 is 4.90 Å². The van der Waals surface area contributed by atoms with Gasteiger partial charge in [-0.25, -0.2) is 4.39 Å². The van der Waals surface area contributed by atoms with E-state index in [1.54, 1.807) is 0 Å². The molecule has 2 aliphatic rings. The van der Waals surface area contributed by atoms with Gasteiger partial charge >= 0.3 is 0 Å². The summed E-state index contributed by atoms with van der Waals surface area (Å²) in [5, 5.41) is 0.532. The molecule has 2 heterocycles. The van der Waals surface area contributed by atoms with Crippen molar-refractivity contribution >= 4 is 17.3 Å². The van der Waals surface area contributed by atoms with Gasteiger partial charge in [0.15, 0.2) is 0 Å². The summed E-state index contributed by atoms with van der Waals surface area (Å²) in [6.45, 7) is 5.57. The third-order valence-electron chi connectivity index (χ3n) is 4.48. The van der Waals surface area contributed by atoms with Crippen molar-refractivity contribution in [2.45, 2.75) is 38.3 Å². The monoisotopic (exact) mass is 282 g/mol. The van der Waals surface area contributed by atoms with Crippen molar-refractivity contribution in [1.29, 1.82) is 0 Å². The molecule has 0 aliphatic carbocycles. The highest BCUT2D eigenvalue weighted by Gasteiger charge is 2.36. The van der Waals surface area contributed by atoms with Crippen LogP contribution in [0.4, 0.5) is 10.1 Å². The summed E-state index contributed by atoms with van der Waals surface area (Å²) in [5.41, 5.74) is 0.987. The van der Waals surface area contributed by atoms with Crippen molar-refractivity contribution in [3.8, 4) is 0 Å². The molecule has 2 saturated heterocycles. The molecule has 1 aromatic rings. The molecule has 104 valence electrons. The minimum absolute atomic E-state index is 0.263. The molecule has 3 rings (SSSR count). The number of halogens is 2. The van der Waals surface area contributed by atoms with Crippen LogP contribution in [0.1, 0.15) is 26.2 Å². The van der Waals surface area contributed by atoms with Crippen molar-refractivity contribution in [3.63, 3.8) is 0 Å². The summed E-state index contributed by atoms with van der Waals surface area (Å²) in [4.78, 5) is 4.98. The zero-order valence-corrected chi connectivity index (χ0v) is 12.0. The van der Waals surface area contributed by atoms with Gasteiger partial charge in [0.05, 0.1) is 10.7 Å². The van der Waals surface area contributed by atoms with Crippen molar-refractivity contribution in [2.75, 3.05) is 24.5 Å². The van der Waals surface area contributed by atoms with Gasteiger partial charge in [-0.1, -0.05) is 18.5 Å². The van der Waals surface area contributed by atoms with Gasteiger partial charge in [0.2, 0.25) is 0 Å². The van der Waals surface area contributed by atoms with E-state index in [-0.39, 0.29) is 5.82 Å².